The van der Waals surface area contributed by atoms with Crippen molar-refractivity contribution >= 4 is 11.6 Å². The van der Waals surface area contributed by atoms with Crippen LogP contribution in [0.5, 0.6) is 0 Å². The topological polar surface area (TPSA) is 32.3 Å². The summed E-state index contributed by atoms with van der Waals surface area (Å²) in [4.78, 5) is 14.8. The van der Waals surface area contributed by atoms with E-state index >= 15 is 0 Å². The molecule has 0 aromatic heterocycles. The molecule has 108 valence electrons. The van der Waals surface area contributed by atoms with Gasteiger partial charge >= 0.3 is 0 Å². The zero-order chi connectivity index (χ0) is 14.8. The highest BCUT2D eigenvalue weighted by Crippen LogP contribution is 2.25. The van der Waals surface area contributed by atoms with E-state index in [0.717, 1.165) is 23.4 Å². The summed E-state index contributed by atoms with van der Waals surface area (Å²) in [6.07, 6.45) is 0. The first-order valence-corrected chi connectivity index (χ1v) is 7.35. The van der Waals surface area contributed by atoms with Crippen molar-refractivity contribution in [3.63, 3.8) is 0 Å². The first kappa shape index (κ1) is 13.8. The van der Waals surface area contributed by atoms with Crippen LogP contribution >= 0.6 is 0 Å². The maximum atomic E-state index is 12.9. The van der Waals surface area contributed by atoms with Gasteiger partial charge in [0.2, 0.25) is 0 Å². The molecule has 1 heterocycles. The fourth-order valence-electron chi connectivity index (χ4n) is 2.69. The number of rotatable bonds is 1. The van der Waals surface area contributed by atoms with Gasteiger partial charge in [-0.1, -0.05) is 35.9 Å². The number of fused-ring (bicyclic) bond motifs is 1. The Hall–Kier alpha value is -2.13. The lowest BCUT2D eigenvalue weighted by Crippen LogP contribution is -2.39. The molecule has 2 aromatic carbocycles. The third kappa shape index (κ3) is 2.83. The maximum absolute atomic E-state index is 12.9. The Morgan fingerprint density at radius 1 is 1.14 bits per heavy atom. The number of carbonyl (C=O) groups excluding carboxylic acids is 1. The van der Waals surface area contributed by atoms with Gasteiger partial charge in [0.05, 0.1) is 0 Å². The highest BCUT2D eigenvalue weighted by atomic mass is 16.2. The average Bonchev–Trinajstić information content (AvgIpc) is 2.67. The monoisotopic (exact) mass is 280 g/mol. The molecule has 3 rings (SSSR count). The Morgan fingerprint density at radius 3 is 2.62 bits per heavy atom. The van der Waals surface area contributed by atoms with Crippen LogP contribution in [-0.2, 0) is 6.54 Å². The van der Waals surface area contributed by atoms with Gasteiger partial charge in [0.1, 0.15) is 0 Å². The summed E-state index contributed by atoms with van der Waals surface area (Å²) in [5.74, 6) is 0.0676. The van der Waals surface area contributed by atoms with E-state index in [1.54, 1.807) is 0 Å². The molecule has 1 amide bonds. The minimum absolute atomic E-state index is 0.0676. The quantitative estimate of drug-likeness (QED) is 0.870. The SMILES string of the molecule is Cc1ccc(C(=O)N2CC(C)NCc3ccccc32)cc1. The highest BCUT2D eigenvalue weighted by Gasteiger charge is 2.24. The molecule has 3 heteroatoms. The summed E-state index contributed by atoms with van der Waals surface area (Å²) >= 11 is 0. The van der Waals surface area contributed by atoms with Crippen LogP contribution in [0.1, 0.15) is 28.4 Å². The van der Waals surface area contributed by atoms with Gasteiger partial charge in [0.15, 0.2) is 0 Å². The second-order valence-corrected chi connectivity index (χ2v) is 5.69. The minimum Gasteiger partial charge on any atom is -0.308 e. The van der Waals surface area contributed by atoms with Crippen LogP contribution in [0.3, 0.4) is 0 Å². The van der Waals surface area contributed by atoms with Crippen molar-refractivity contribution in [2.45, 2.75) is 26.4 Å². The number of benzene rings is 2. The molecule has 21 heavy (non-hydrogen) atoms. The number of para-hydroxylation sites is 1. The third-order valence-electron chi connectivity index (χ3n) is 3.92. The number of amides is 1. The van der Waals surface area contributed by atoms with Crippen molar-refractivity contribution < 1.29 is 4.79 Å². The van der Waals surface area contributed by atoms with Crippen LogP contribution in [0.2, 0.25) is 0 Å². The van der Waals surface area contributed by atoms with E-state index in [-0.39, 0.29) is 11.9 Å². The van der Waals surface area contributed by atoms with Crippen molar-refractivity contribution in [2.24, 2.45) is 0 Å². The first-order valence-electron chi connectivity index (χ1n) is 7.35. The molecule has 0 fully saturated rings. The molecular weight excluding hydrogens is 260 g/mol. The number of carbonyl (C=O) groups is 1. The smallest absolute Gasteiger partial charge is 0.258 e. The van der Waals surface area contributed by atoms with Crippen molar-refractivity contribution in [3.8, 4) is 0 Å². The lowest BCUT2D eigenvalue weighted by atomic mass is 10.1. The van der Waals surface area contributed by atoms with Crippen molar-refractivity contribution in [2.75, 3.05) is 11.4 Å². The predicted molar refractivity (Wildman–Crippen MR) is 85.6 cm³/mol. The Kier molecular flexibility index (Phi) is 3.76. The zero-order valence-electron chi connectivity index (χ0n) is 12.5. The van der Waals surface area contributed by atoms with Crippen molar-refractivity contribution in [3.05, 3.63) is 65.2 Å². The molecule has 0 aliphatic carbocycles. The number of aryl methyl sites for hydroxylation is 1. The van der Waals surface area contributed by atoms with E-state index in [0.29, 0.717) is 6.54 Å². The third-order valence-corrected chi connectivity index (χ3v) is 3.92. The van der Waals surface area contributed by atoms with Gasteiger partial charge in [0, 0.05) is 30.4 Å². The van der Waals surface area contributed by atoms with Crippen LogP contribution in [0.4, 0.5) is 5.69 Å². The van der Waals surface area contributed by atoms with Crippen LogP contribution < -0.4 is 10.2 Å². The Labute approximate surface area is 125 Å². The lowest BCUT2D eigenvalue weighted by molar-refractivity contribution is 0.0985. The van der Waals surface area contributed by atoms with Gasteiger partial charge in [0.25, 0.3) is 5.91 Å². The highest BCUT2D eigenvalue weighted by molar-refractivity contribution is 6.06. The van der Waals surface area contributed by atoms with Crippen LogP contribution in [0, 0.1) is 6.92 Å². The molecule has 3 nitrogen and oxygen atoms in total. The number of hydrogen-bond acceptors (Lipinski definition) is 2. The average molecular weight is 280 g/mol. The van der Waals surface area contributed by atoms with Gasteiger partial charge < -0.3 is 10.2 Å². The summed E-state index contributed by atoms with van der Waals surface area (Å²) in [5, 5.41) is 3.45. The zero-order valence-corrected chi connectivity index (χ0v) is 12.5. The number of anilines is 1. The largest absolute Gasteiger partial charge is 0.308 e. The van der Waals surface area contributed by atoms with E-state index in [4.69, 9.17) is 0 Å². The van der Waals surface area contributed by atoms with Gasteiger partial charge in [-0.25, -0.2) is 0 Å². The van der Waals surface area contributed by atoms with E-state index in [1.165, 1.54) is 5.56 Å². The standard InChI is InChI=1S/C18H20N2O/c1-13-7-9-15(10-8-13)18(21)20-12-14(2)19-11-16-5-3-4-6-17(16)20/h3-10,14,19H,11-12H2,1-2H3. The van der Waals surface area contributed by atoms with Crippen LogP contribution in [-0.4, -0.2) is 18.5 Å². The number of hydrogen-bond donors (Lipinski definition) is 1. The Bertz CT molecular complexity index is 649. The van der Waals surface area contributed by atoms with Gasteiger partial charge in [-0.2, -0.15) is 0 Å². The molecule has 1 aliphatic heterocycles. The van der Waals surface area contributed by atoms with Gasteiger partial charge in [-0.3, -0.25) is 4.79 Å². The number of nitrogens with one attached hydrogen (secondary N) is 1. The van der Waals surface area contributed by atoms with E-state index < -0.39 is 0 Å². The normalized spacial score (nSPS) is 18.0. The molecule has 0 bridgehead atoms. The van der Waals surface area contributed by atoms with E-state index in [9.17, 15) is 4.79 Å². The van der Waals surface area contributed by atoms with Gasteiger partial charge in [-0.05, 0) is 37.6 Å². The molecule has 2 aromatic rings. The summed E-state index contributed by atoms with van der Waals surface area (Å²) in [6, 6.07) is 16.2. The summed E-state index contributed by atoms with van der Waals surface area (Å²) < 4.78 is 0. The molecule has 1 aliphatic rings. The first-order chi connectivity index (χ1) is 10.1. The molecule has 0 saturated carbocycles. The van der Waals surface area contributed by atoms with Crippen LogP contribution in [0.15, 0.2) is 48.5 Å². The lowest BCUT2D eigenvalue weighted by Gasteiger charge is -2.24. The summed E-state index contributed by atoms with van der Waals surface area (Å²) in [5.41, 5.74) is 4.09. The Balaban J connectivity index is 1.99. The van der Waals surface area contributed by atoms with E-state index in [1.807, 2.05) is 54.3 Å². The molecule has 1 unspecified atom stereocenters. The molecule has 0 spiro atoms. The van der Waals surface area contributed by atoms with Gasteiger partial charge in [-0.15, -0.1) is 0 Å². The van der Waals surface area contributed by atoms with Crippen molar-refractivity contribution in [1.29, 1.82) is 0 Å². The number of nitrogens with zero attached hydrogens (tertiary/aromatic N) is 1. The maximum Gasteiger partial charge on any atom is 0.258 e. The molecule has 1 N–H and O–H groups in total. The minimum atomic E-state index is 0.0676. The molecular formula is C18H20N2O. The fraction of sp³-hybridized carbons (Fsp3) is 0.278. The van der Waals surface area contributed by atoms with Crippen molar-refractivity contribution in [1.82, 2.24) is 5.32 Å². The molecule has 1 atom stereocenters. The van der Waals surface area contributed by atoms with Crippen LogP contribution in [0.25, 0.3) is 0 Å². The second kappa shape index (κ2) is 5.70. The van der Waals surface area contributed by atoms with E-state index in [2.05, 4.69) is 18.3 Å². The summed E-state index contributed by atoms with van der Waals surface area (Å²) in [7, 11) is 0. The molecule has 0 radical (unpaired) electrons. The molecule has 0 saturated heterocycles. The summed E-state index contributed by atoms with van der Waals surface area (Å²) in [6.45, 7) is 5.63. The predicted octanol–water partition coefficient (Wildman–Crippen LogP) is 3.13. The fourth-order valence-corrected chi connectivity index (χ4v) is 2.69. The Morgan fingerprint density at radius 2 is 1.86 bits per heavy atom. The second-order valence-electron chi connectivity index (χ2n) is 5.69.